The molecule has 3 heteroatoms. The van der Waals surface area contributed by atoms with Crippen LogP contribution in [0.5, 0.6) is 0 Å². The van der Waals surface area contributed by atoms with Gasteiger partial charge in [-0.1, -0.05) is 33.6 Å². The lowest BCUT2D eigenvalue weighted by Gasteiger charge is -2.28. The van der Waals surface area contributed by atoms with Gasteiger partial charge in [0.15, 0.2) is 0 Å². The molecule has 1 aromatic rings. The second-order valence-electron chi connectivity index (χ2n) is 6.17. The van der Waals surface area contributed by atoms with Crippen LogP contribution in [0.15, 0.2) is 0 Å². The molecule has 1 aliphatic rings. The van der Waals surface area contributed by atoms with Gasteiger partial charge in [-0.25, -0.2) is 0 Å². The van der Waals surface area contributed by atoms with Gasteiger partial charge in [0.05, 0.1) is 11.7 Å². The summed E-state index contributed by atoms with van der Waals surface area (Å²) in [6.07, 6.45) is 7.29. The lowest BCUT2D eigenvalue weighted by molar-refractivity contribution is 0.261. The minimum Gasteiger partial charge on any atom is -0.324 e. The average Bonchev–Trinajstić information content (AvgIpc) is 2.77. The Morgan fingerprint density at radius 2 is 2.05 bits per heavy atom. The Labute approximate surface area is 117 Å². The third-order valence-electron chi connectivity index (χ3n) is 4.51. The summed E-state index contributed by atoms with van der Waals surface area (Å²) in [5.41, 5.74) is 10.1. The molecule has 1 saturated carbocycles. The van der Waals surface area contributed by atoms with Gasteiger partial charge in [0.1, 0.15) is 0 Å². The second kappa shape index (κ2) is 6.08. The van der Waals surface area contributed by atoms with E-state index >= 15 is 0 Å². The topological polar surface area (TPSA) is 43.8 Å². The van der Waals surface area contributed by atoms with E-state index in [4.69, 9.17) is 10.8 Å². The van der Waals surface area contributed by atoms with Crippen molar-refractivity contribution in [1.29, 1.82) is 0 Å². The molecular formula is C16H29N3. The van der Waals surface area contributed by atoms with Crippen molar-refractivity contribution in [3.8, 4) is 0 Å². The normalized spacial score (nSPS) is 25.5. The van der Waals surface area contributed by atoms with E-state index in [1.165, 1.54) is 42.6 Å². The van der Waals surface area contributed by atoms with E-state index in [9.17, 15) is 0 Å². The predicted molar refractivity (Wildman–Crippen MR) is 80.3 cm³/mol. The first kappa shape index (κ1) is 14.6. The van der Waals surface area contributed by atoms with Crippen molar-refractivity contribution in [2.75, 3.05) is 0 Å². The van der Waals surface area contributed by atoms with Gasteiger partial charge in [0.2, 0.25) is 0 Å². The molecule has 1 aromatic heterocycles. The molecule has 108 valence electrons. The van der Waals surface area contributed by atoms with Crippen LogP contribution in [0.3, 0.4) is 0 Å². The highest BCUT2D eigenvalue weighted by atomic mass is 15.3. The SMILES string of the molecule is CCc1nn(C2CCCC(C)C2)c(CC)c1C(C)N. The Kier molecular flexibility index (Phi) is 4.67. The highest BCUT2D eigenvalue weighted by Gasteiger charge is 2.26. The van der Waals surface area contributed by atoms with Crippen molar-refractivity contribution in [2.24, 2.45) is 11.7 Å². The highest BCUT2D eigenvalue weighted by Crippen LogP contribution is 2.35. The van der Waals surface area contributed by atoms with Gasteiger partial charge >= 0.3 is 0 Å². The molecule has 0 aliphatic heterocycles. The summed E-state index contributed by atoms with van der Waals surface area (Å²) in [5.74, 6) is 0.830. The van der Waals surface area contributed by atoms with Crippen LogP contribution in [0, 0.1) is 5.92 Å². The summed E-state index contributed by atoms with van der Waals surface area (Å²) in [6, 6.07) is 0.691. The zero-order valence-corrected chi connectivity index (χ0v) is 12.9. The molecule has 1 aliphatic carbocycles. The Bertz CT molecular complexity index is 420. The van der Waals surface area contributed by atoms with E-state index in [1.54, 1.807) is 0 Å². The Morgan fingerprint density at radius 3 is 2.58 bits per heavy atom. The lowest BCUT2D eigenvalue weighted by Crippen LogP contribution is -2.21. The molecule has 1 heterocycles. The molecule has 0 saturated heterocycles. The molecule has 0 bridgehead atoms. The molecule has 0 aromatic carbocycles. The maximum atomic E-state index is 6.18. The smallest absolute Gasteiger partial charge is 0.0672 e. The van der Waals surface area contributed by atoms with Gasteiger partial charge < -0.3 is 5.73 Å². The van der Waals surface area contributed by atoms with Crippen molar-refractivity contribution >= 4 is 0 Å². The molecule has 2 rings (SSSR count). The molecule has 2 N–H and O–H groups in total. The van der Waals surface area contributed by atoms with E-state index in [0.29, 0.717) is 6.04 Å². The van der Waals surface area contributed by atoms with Crippen LogP contribution in [0.1, 0.15) is 82.4 Å². The number of aromatic nitrogens is 2. The standard InChI is InChI=1S/C16H29N3/c1-5-14-16(12(4)17)15(6-2)19(18-14)13-9-7-8-11(3)10-13/h11-13H,5-10,17H2,1-4H3. The fraction of sp³-hybridized carbons (Fsp3) is 0.812. The maximum absolute atomic E-state index is 6.18. The molecule has 0 amide bonds. The average molecular weight is 263 g/mol. The maximum Gasteiger partial charge on any atom is 0.0672 e. The van der Waals surface area contributed by atoms with Crippen molar-refractivity contribution in [1.82, 2.24) is 9.78 Å². The van der Waals surface area contributed by atoms with Gasteiger partial charge in [-0.3, -0.25) is 4.68 Å². The zero-order valence-electron chi connectivity index (χ0n) is 12.9. The predicted octanol–water partition coefficient (Wildman–Crippen LogP) is 3.78. The molecule has 0 spiro atoms. The minimum absolute atomic E-state index is 0.0969. The van der Waals surface area contributed by atoms with Crippen molar-refractivity contribution in [3.63, 3.8) is 0 Å². The minimum atomic E-state index is 0.0969. The van der Waals surface area contributed by atoms with Gasteiger partial charge in [-0.2, -0.15) is 5.10 Å². The van der Waals surface area contributed by atoms with Crippen LogP contribution in [-0.4, -0.2) is 9.78 Å². The Balaban J connectivity index is 2.39. The quantitative estimate of drug-likeness (QED) is 0.898. The van der Waals surface area contributed by atoms with Gasteiger partial charge in [0.25, 0.3) is 0 Å². The number of nitrogens with zero attached hydrogens (tertiary/aromatic N) is 2. The van der Waals surface area contributed by atoms with Crippen LogP contribution in [0.2, 0.25) is 0 Å². The van der Waals surface area contributed by atoms with Crippen LogP contribution in [0.25, 0.3) is 0 Å². The number of nitrogens with two attached hydrogens (primary N) is 1. The monoisotopic (exact) mass is 263 g/mol. The van der Waals surface area contributed by atoms with Gasteiger partial charge in [-0.05, 0) is 38.5 Å². The zero-order chi connectivity index (χ0) is 14.0. The van der Waals surface area contributed by atoms with E-state index in [0.717, 1.165) is 18.8 Å². The number of rotatable bonds is 4. The molecule has 1 fully saturated rings. The summed E-state index contributed by atoms with van der Waals surface area (Å²) >= 11 is 0. The van der Waals surface area contributed by atoms with E-state index in [-0.39, 0.29) is 6.04 Å². The molecule has 0 radical (unpaired) electrons. The largest absolute Gasteiger partial charge is 0.324 e. The molecular weight excluding hydrogens is 234 g/mol. The number of hydrogen-bond acceptors (Lipinski definition) is 2. The Hall–Kier alpha value is -0.830. The Morgan fingerprint density at radius 1 is 1.32 bits per heavy atom. The van der Waals surface area contributed by atoms with Crippen LogP contribution in [-0.2, 0) is 12.8 Å². The second-order valence-corrected chi connectivity index (χ2v) is 6.17. The fourth-order valence-electron chi connectivity index (χ4n) is 3.60. The molecule has 19 heavy (non-hydrogen) atoms. The summed E-state index contributed by atoms with van der Waals surface area (Å²) in [4.78, 5) is 0. The third kappa shape index (κ3) is 2.86. The van der Waals surface area contributed by atoms with Gasteiger partial charge in [-0.15, -0.1) is 0 Å². The fourth-order valence-corrected chi connectivity index (χ4v) is 3.60. The van der Waals surface area contributed by atoms with E-state index in [2.05, 4.69) is 32.4 Å². The van der Waals surface area contributed by atoms with Crippen molar-refractivity contribution < 1.29 is 0 Å². The number of hydrogen-bond donors (Lipinski definition) is 1. The highest BCUT2D eigenvalue weighted by molar-refractivity contribution is 5.30. The third-order valence-corrected chi connectivity index (χ3v) is 4.51. The molecule has 3 unspecified atom stereocenters. The van der Waals surface area contributed by atoms with Crippen LogP contribution < -0.4 is 5.73 Å². The first-order valence-electron chi connectivity index (χ1n) is 7.94. The summed E-state index contributed by atoms with van der Waals surface area (Å²) in [6.45, 7) is 8.87. The first-order chi connectivity index (χ1) is 9.08. The van der Waals surface area contributed by atoms with Crippen molar-refractivity contribution in [3.05, 3.63) is 17.0 Å². The lowest BCUT2D eigenvalue weighted by atomic mass is 9.87. The summed E-state index contributed by atoms with van der Waals surface area (Å²) < 4.78 is 2.33. The number of aryl methyl sites for hydroxylation is 1. The van der Waals surface area contributed by atoms with Crippen LogP contribution in [0.4, 0.5) is 0 Å². The first-order valence-corrected chi connectivity index (χ1v) is 7.94. The van der Waals surface area contributed by atoms with E-state index in [1.807, 2.05) is 0 Å². The van der Waals surface area contributed by atoms with Crippen LogP contribution >= 0.6 is 0 Å². The molecule has 3 nitrogen and oxygen atoms in total. The molecule has 3 atom stereocenters. The van der Waals surface area contributed by atoms with E-state index < -0.39 is 0 Å². The summed E-state index contributed by atoms with van der Waals surface area (Å²) in [7, 11) is 0. The van der Waals surface area contributed by atoms with Crippen molar-refractivity contribution in [2.45, 2.75) is 78.3 Å². The summed E-state index contributed by atoms with van der Waals surface area (Å²) in [5, 5.41) is 4.92. The van der Waals surface area contributed by atoms with Gasteiger partial charge in [0, 0.05) is 17.3 Å².